The molecule has 2 heteroatoms. The summed E-state index contributed by atoms with van der Waals surface area (Å²) in [7, 11) is -1.65. The van der Waals surface area contributed by atoms with Crippen molar-refractivity contribution in [3.8, 4) is 0 Å². The van der Waals surface area contributed by atoms with Crippen LogP contribution in [-0.2, 0) is 4.57 Å². The lowest BCUT2D eigenvalue weighted by Gasteiger charge is -2.26. The van der Waals surface area contributed by atoms with Crippen LogP contribution in [0.15, 0.2) is 0 Å². The van der Waals surface area contributed by atoms with Crippen molar-refractivity contribution in [1.29, 1.82) is 0 Å². The van der Waals surface area contributed by atoms with E-state index in [0.29, 0.717) is 0 Å². The zero-order valence-electron chi connectivity index (χ0n) is 6.97. The summed E-state index contributed by atoms with van der Waals surface area (Å²) in [6, 6.07) is 0. The number of rotatable bonds is 1. The molecule has 0 amide bonds. The Balaban J connectivity index is 2.54. The van der Waals surface area contributed by atoms with Crippen molar-refractivity contribution in [3.05, 3.63) is 0 Å². The third kappa shape index (κ3) is 1.85. The first-order valence-corrected chi connectivity index (χ1v) is 6.49. The zero-order valence-corrected chi connectivity index (χ0v) is 7.86. The maximum absolute atomic E-state index is 11.8. The molecule has 1 aliphatic rings. The second-order valence-corrected chi connectivity index (χ2v) is 7.09. The van der Waals surface area contributed by atoms with Gasteiger partial charge < -0.3 is 4.57 Å². The molecule has 0 aliphatic carbocycles. The highest BCUT2D eigenvalue weighted by molar-refractivity contribution is 7.63. The maximum atomic E-state index is 11.8. The van der Waals surface area contributed by atoms with Gasteiger partial charge in [0.05, 0.1) is 7.14 Å². The summed E-state index contributed by atoms with van der Waals surface area (Å²) < 4.78 is 11.8. The standard InChI is InChI=1S/C8H17OP/c1-3-10(9)6-4-5-8(2)7-10/h8H,3-7H2,1-2H3. The molecule has 1 saturated heterocycles. The normalized spacial score (nSPS) is 41.6. The first-order valence-electron chi connectivity index (χ1n) is 4.23. The summed E-state index contributed by atoms with van der Waals surface area (Å²) in [6.07, 6.45) is 5.46. The van der Waals surface area contributed by atoms with Gasteiger partial charge in [-0.2, -0.15) is 0 Å². The van der Waals surface area contributed by atoms with Crippen molar-refractivity contribution in [2.75, 3.05) is 18.5 Å². The minimum atomic E-state index is -1.65. The molecule has 0 bridgehead atoms. The van der Waals surface area contributed by atoms with Crippen molar-refractivity contribution < 1.29 is 4.57 Å². The molecular formula is C8H17OP. The van der Waals surface area contributed by atoms with E-state index in [1.165, 1.54) is 12.8 Å². The molecule has 0 N–H and O–H groups in total. The zero-order chi connectivity index (χ0) is 7.61. The number of hydrogen-bond donors (Lipinski definition) is 0. The Bertz CT molecular complexity index is 153. The van der Waals surface area contributed by atoms with E-state index in [4.69, 9.17) is 0 Å². The Hall–Kier alpha value is 0.230. The molecule has 0 spiro atoms. The van der Waals surface area contributed by atoms with E-state index in [2.05, 4.69) is 13.8 Å². The first kappa shape index (κ1) is 8.33. The molecule has 1 fully saturated rings. The lowest BCUT2D eigenvalue weighted by Crippen LogP contribution is -2.13. The third-order valence-electron chi connectivity index (χ3n) is 2.48. The minimum absolute atomic E-state index is 0.722. The van der Waals surface area contributed by atoms with Crippen LogP contribution in [0.1, 0.15) is 26.7 Å². The Morgan fingerprint density at radius 3 is 2.70 bits per heavy atom. The smallest absolute Gasteiger partial charge is 0.0877 e. The predicted octanol–water partition coefficient (Wildman–Crippen LogP) is 2.80. The van der Waals surface area contributed by atoms with Crippen molar-refractivity contribution >= 4 is 7.14 Å². The molecular weight excluding hydrogens is 143 g/mol. The lowest BCUT2D eigenvalue weighted by molar-refractivity contribution is 0.512. The third-order valence-corrected chi connectivity index (χ3v) is 6.06. The van der Waals surface area contributed by atoms with Crippen LogP contribution >= 0.6 is 7.14 Å². The quantitative estimate of drug-likeness (QED) is 0.539. The molecule has 2 atom stereocenters. The lowest BCUT2D eigenvalue weighted by atomic mass is 10.1. The average molecular weight is 160 g/mol. The summed E-state index contributed by atoms with van der Waals surface area (Å²) in [4.78, 5) is 0. The van der Waals surface area contributed by atoms with Crippen LogP contribution in [0.25, 0.3) is 0 Å². The van der Waals surface area contributed by atoms with Crippen molar-refractivity contribution in [1.82, 2.24) is 0 Å². The molecule has 0 aromatic rings. The molecule has 1 nitrogen and oxygen atoms in total. The fourth-order valence-corrected chi connectivity index (χ4v) is 4.60. The van der Waals surface area contributed by atoms with Crippen LogP contribution in [0, 0.1) is 5.92 Å². The maximum Gasteiger partial charge on any atom is 0.0877 e. The van der Waals surface area contributed by atoms with Crippen LogP contribution < -0.4 is 0 Å². The van der Waals surface area contributed by atoms with E-state index < -0.39 is 7.14 Å². The van der Waals surface area contributed by atoms with Crippen molar-refractivity contribution in [2.24, 2.45) is 5.92 Å². The van der Waals surface area contributed by atoms with E-state index in [1.807, 2.05) is 0 Å². The Morgan fingerprint density at radius 1 is 1.60 bits per heavy atom. The highest BCUT2D eigenvalue weighted by Gasteiger charge is 2.26. The highest BCUT2D eigenvalue weighted by Crippen LogP contribution is 2.51. The van der Waals surface area contributed by atoms with Crippen LogP contribution in [-0.4, -0.2) is 18.5 Å². The van der Waals surface area contributed by atoms with Crippen LogP contribution in [0.3, 0.4) is 0 Å². The fraction of sp³-hybridized carbons (Fsp3) is 1.00. The summed E-state index contributed by atoms with van der Waals surface area (Å²) in [5, 5.41) is 0. The van der Waals surface area contributed by atoms with Gasteiger partial charge in [-0.15, -0.1) is 0 Å². The van der Waals surface area contributed by atoms with E-state index in [9.17, 15) is 4.57 Å². The summed E-state index contributed by atoms with van der Waals surface area (Å²) in [5.41, 5.74) is 0. The van der Waals surface area contributed by atoms with Gasteiger partial charge in [-0.1, -0.05) is 13.8 Å². The topological polar surface area (TPSA) is 17.1 Å². The summed E-state index contributed by atoms with van der Waals surface area (Å²) in [5.74, 6) is 0.722. The van der Waals surface area contributed by atoms with Gasteiger partial charge in [0.25, 0.3) is 0 Å². The van der Waals surface area contributed by atoms with Gasteiger partial charge in [0.1, 0.15) is 0 Å². The first-order chi connectivity index (χ1) is 4.66. The molecule has 0 aromatic carbocycles. The van der Waals surface area contributed by atoms with Gasteiger partial charge in [0.2, 0.25) is 0 Å². The van der Waals surface area contributed by atoms with E-state index in [1.54, 1.807) is 0 Å². The fourth-order valence-electron chi connectivity index (χ4n) is 1.77. The average Bonchev–Trinajstić information content (AvgIpc) is 1.88. The largest absolute Gasteiger partial charge is 0.324 e. The van der Waals surface area contributed by atoms with Gasteiger partial charge in [-0.3, -0.25) is 0 Å². The van der Waals surface area contributed by atoms with E-state index in [-0.39, 0.29) is 0 Å². The summed E-state index contributed by atoms with van der Waals surface area (Å²) in [6.45, 7) is 4.29. The Morgan fingerprint density at radius 2 is 2.30 bits per heavy atom. The molecule has 1 heterocycles. The molecule has 1 aliphatic heterocycles. The van der Waals surface area contributed by atoms with Gasteiger partial charge in [0, 0.05) is 12.3 Å². The van der Waals surface area contributed by atoms with Gasteiger partial charge >= 0.3 is 0 Å². The molecule has 60 valence electrons. The summed E-state index contributed by atoms with van der Waals surface area (Å²) >= 11 is 0. The van der Waals surface area contributed by atoms with Gasteiger partial charge in [0.15, 0.2) is 0 Å². The second kappa shape index (κ2) is 3.09. The molecule has 0 aromatic heterocycles. The Labute approximate surface area is 63.6 Å². The van der Waals surface area contributed by atoms with Crippen LogP contribution in [0.2, 0.25) is 0 Å². The molecule has 2 unspecified atom stereocenters. The molecule has 10 heavy (non-hydrogen) atoms. The van der Waals surface area contributed by atoms with Crippen LogP contribution in [0.5, 0.6) is 0 Å². The van der Waals surface area contributed by atoms with E-state index >= 15 is 0 Å². The van der Waals surface area contributed by atoms with Crippen LogP contribution in [0.4, 0.5) is 0 Å². The van der Waals surface area contributed by atoms with Crippen molar-refractivity contribution in [3.63, 3.8) is 0 Å². The molecule has 1 rings (SSSR count). The minimum Gasteiger partial charge on any atom is -0.324 e. The second-order valence-electron chi connectivity index (χ2n) is 3.53. The Kier molecular flexibility index (Phi) is 2.57. The van der Waals surface area contributed by atoms with E-state index in [0.717, 1.165) is 24.4 Å². The molecule has 0 saturated carbocycles. The molecule has 0 radical (unpaired) electrons. The highest BCUT2D eigenvalue weighted by atomic mass is 31.2. The van der Waals surface area contributed by atoms with Gasteiger partial charge in [-0.05, 0) is 24.9 Å². The van der Waals surface area contributed by atoms with Gasteiger partial charge in [-0.25, -0.2) is 0 Å². The SMILES string of the molecule is CCP1(=O)CCCC(C)C1. The van der Waals surface area contributed by atoms with Crippen molar-refractivity contribution in [2.45, 2.75) is 26.7 Å². The monoisotopic (exact) mass is 160 g/mol. The predicted molar refractivity (Wildman–Crippen MR) is 46.3 cm³/mol. The number of hydrogen-bond acceptors (Lipinski definition) is 1.